The van der Waals surface area contributed by atoms with E-state index in [1.165, 1.54) is 5.57 Å². The van der Waals surface area contributed by atoms with Crippen LogP contribution in [0.2, 0.25) is 0 Å². The van der Waals surface area contributed by atoms with Crippen molar-refractivity contribution in [1.29, 1.82) is 0 Å². The van der Waals surface area contributed by atoms with Crippen LogP contribution in [0.25, 0.3) is 0 Å². The van der Waals surface area contributed by atoms with E-state index in [1.54, 1.807) is 0 Å². The van der Waals surface area contributed by atoms with Gasteiger partial charge in [0.1, 0.15) is 0 Å². The van der Waals surface area contributed by atoms with Crippen molar-refractivity contribution < 1.29 is 0 Å². The van der Waals surface area contributed by atoms with Crippen LogP contribution in [0.1, 0.15) is 19.3 Å². The molecule has 0 aliphatic rings. The molecule has 0 rings (SSSR count). The Kier molecular flexibility index (Phi) is 6.55. The number of rotatable bonds is 8. The molecule has 78 valence electrons. The second-order valence-corrected chi connectivity index (χ2v) is 3.49. The summed E-state index contributed by atoms with van der Waals surface area (Å²) in [5.74, 6) is 0. The number of allylic oxidation sites excluding steroid dienone is 3. The van der Waals surface area contributed by atoms with Crippen molar-refractivity contribution in [1.82, 2.24) is 4.90 Å². The average molecular weight is 191 g/mol. The Morgan fingerprint density at radius 2 is 1.86 bits per heavy atom. The fourth-order valence-corrected chi connectivity index (χ4v) is 1.18. The standard InChI is InChI=1S/C13H21N/c1-6-8-10-13(4)14(5)11-12(3)9-7-2/h6-7H,1-4,8-11H2,5H3. The summed E-state index contributed by atoms with van der Waals surface area (Å²) in [6, 6.07) is 0. The van der Waals surface area contributed by atoms with Gasteiger partial charge in [-0.25, -0.2) is 0 Å². The predicted octanol–water partition coefficient (Wildman–Crippen LogP) is 3.53. The zero-order valence-corrected chi connectivity index (χ0v) is 9.26. The Bertz CT molecular complexity index is 225. The molecule has 0 fully saturated rings. The minimum Gasteiger partial charge on any atom is -0.374 e. The first-order valence-corrected chi connectivity index (χ1v) is 4.89. The van der Waals surface area contributed by atoms with E-state index in [2.05, 4.69) is 31.2 Å². The van der Waals surface area contributed by atoms with Crippen molar-refractivity contribution in [3.8, 4) is 0 Å². The van der Waals surface area contributed by atoms with Crippen LogP contribution in [0.15, 0.2) is 49.7 Å². The highest BCUT2D eigenvalue weighted by Crippen LogP contribution is 2.10. The van der Waals surface area contributed by atoms with Crippen LogP contribution >= 0.6 is 0 Å². The Labute approximate surface area is 88.1 Å². The Morgan fingerprint density at radius 1 is 1.21 bits per heavy atom. The molecule has 0 heterocycles. The molecule has 14 heavy (non-hydrogen) atoms. The Hall–Kier alpha value is -1.24. The zero-order chi connectivity index (χ0) is 11.0. The largest absolute Gasteiger partial charge is 0.374 e. The fourth-order valence-electron chi connectivity index (χ4n) is 1.18. The van der Waals surface area contributed by atoms with E-state index < -0.39 is 0 Å². The quantitative estimate of drug-likeness (QED) is 0.530. The first kappa shape index (κ1) is 12.8. The molecule has 0 unspecified atom stereocenters. The third-order valence-electron chi connectivity index (χ3n) is 2.07. The maximum Gasteiger partial charge on any atom is 0.0382 e. The molecule has 1 nitrogen and oxygen atoms in total. The van der Waals surface area contributed by atoms with Crippen LogP contribution in [0.3, 0.4) is 0 Å². The number of hydrogen-bond donors (Lipinski definition) is 0. The summed E-state index contributed by atoms with van der Waals surface area (Å²) >= 11 is 0. The van der Waals surface area contributed by atoms with Crippen molar-refractivity contribution in [3.05, 3.63) is 49.7 Å². The van der Waals surface area contributed by atoms with Gasteiger partial charge in [-0.2, -0.15) is 0 Å². The van der Waals surface area contributed by atoms with Crippen LogP contribution in [0, 0.1) is 0 Å². The molecule has 0 aromatic carbocycles. The molecular formula is C13H21N. The number of nitrogens with zero attached hydrogens (tertiary/aromatic N) is 1. The lowest BCUT2D eigenvalue weighted by Crippen LogP contribution is -2.19. The van der Waals surface area contributed by atoms with Crippen molar-refractivity contribution in [2.75, 3.05) is 13.6 Å². The molecule has 0 aliphatic heterocycles. The van der Waals surface area contributed by atoms with Gasteiger partial charge < -0.3 is 4.90 Å². The van der Waals surface area contributed by atoms with Gasteiger partial charge in [0, 0.05) is 19.3 Å². The summed E-state index contributed by atoms with van der Waals surface area (Å²) in [7, 11) is 2.04. The van der Waals surface area contributed by atoms with Crippen molar-refractivity contribution in [2.24, 2.45) is 0 Å². The van der Waals surface area contributed by atoms with Crippen molar-refractivity contribution in [3.63, 3.8) is 0 Å². The minimum atomic E-state index is 0.863. The molecule has 0 atom stereocenters. The molecule has 0 aliphatic carbocycles. The third kappa shape index (κ3) is 5.41. The van der Waals surface area contributed by atoms with Crippen LogP contribution in [0.5, 0.6) is 0 Å². The smallest absolute Gasteiger partial charge is 0.0382 e. The highest BCUT2D eigenvalue weighted by molar-refractivity contribution is 5.06. The van der Waals surface area contributed by atoms with Gasteiger partial charge in [0.25, 0.3) is 0 Å². The predicted molar refractivity (Wildman–Crippen MR) is 65.2 cm³/mol. The molecule has 1 heteroatoms. The van der Waals surface area contributed by atoms with Gasteiger partial charge in [-0.15, -0.1) is 13.2 Å². The summed E-state index contributed by atoms with van der Waals surface area (Å²) < 4.78 is 0. The normalized spacial score (nSPS) is 9.21. The molecule has 0 aromatic heterocycles. The zero-order valence-electron chi connectivity index (χ0n) is 9.26. The fraction of sp³-hybridized carbons (Fsp3) is 0.385. The molecule has 0 radical (unpaired) electrons. The van der Waals surface area contributed by atoms with Gasteiger partial charge in [-0.1, -0.05) is 30.9 Å². The molecule has 0 spiro atoms. The van der Waals surface area contributed by atoms with Crippen molar-refractivity contribution in [2.45, 2.75) is 19.3 Å². The van der Waals surface area contributed by atoms with Gasteiger partial charge >= 0.3 is 0 Å². The molecule has 0 aromatic rings. The van der Waals surface area contributed by atoms with E-state index in [0.717, 1.165) is 31.5 Å². The second-order valence-electron chi connectivity index (χ2n) is 3.49. The molecule has 0 bridgehead atoms. The minimum absolute atomic E-state index is 0.863. The second kappa shape index (κ2) is 7.19. The SMILES string of the molecule is C=CCCC(=C)N(C)CC(=C)CC=C. The van der Waals surface area contributed by atoms with Gasteiger partial charge in [-0.3, -0.25) is 0 Å². The molecule has 0 amide bonds. The number of hydrogen-bond acceptors (Lipinski definition) is 1. The van der Waals surface area contributed by atoms with Crippen LogP contribution in [-0.2, 0) is 0 Å². The van der Waals surface area contributed by atoms with Gasteiger partial charge in [0.15, 0.2) is 0 Å². The summed E-state index contributed by atoms with van der Waals surface area (Å²) in [6.45, 7) is 16.2. The third-order valence-corrected chi connectivity index (χ3v) is 2.07. The number of likely N-dealkylation sites (N-methyl/N-ethyl adjacent to an activating group) is 1. The Morgan fingerprint density at radius 3 is 2.36 bits per heavy atom. The summed E-state index contributed by atoms with van der Waals surface area (Å²) in [4.78, 5) is 2.13. The van der Waals surface area contributed by atoms with Gasteiger partial charge in [0.2, 0.25) is 0 Å². The van der Waals surface area contributed by atoms with E-state index in [0.29, 0.717) is 0 Å². The van der Waals surface area contributed by atoms with E-state index in [4.69, 9.17) is 0 Å². The van der Waals surface area contributed by atoms with Crippen molar-refractivity contribution >= 4 is 0 Å². The molecule has 0 saturated carbocycles. The van der Waals surface area contributed by atoms with E-state index in [1.807, 2.05) is 19.2 Å². The lowest BCUT2D eigenvalue weighted by molar-refractivity contribution is 0.435. The topological polar surface area (TPSA) is 3.24 Å². The molecule has 0 N–H and O–H groups in total. The van der Waals surface area contributed by atoms with Crippen LogP contribution in [-0.4, -0.2) is 18.5 Å². The van der Waals surface area contributed by atoms with E-state index >= 15 is 0 Å². The Balaban J connectivity index is 3.87. The summed E-state index contributed by atoms with van der Waals surface area (Å²) in [5.41, 5.74) is 2.30. The lowest BCUT2D eigenvalue weighted by Gasteiger charge is -2.22. The average Bonchev–Trinajstić information content (AvgIpc) is 2.14. The molecule has 0 saturated heterocycles. The highest BCUT2D eigenvalue weighted by Gasteiger charge is 2.02. The monoisotopic (exact) mass is 191 g/mol. The van der Waals surface area contributed by atoms with E-state index in [9.17, 15) is 0 Å². The summed E-state index contributed by atoms with van der Waals surface area (Å²) in [5, 5.41) is 0. The van der Waals surface area contributed by atoms with E-state index in [-0.39, 0.29) is 0 Å². The van der Waals surface area contributed by atoms with Gasteiger partial charge in [-0.05, 0) is 19.3 Å². The van der Waals surface area contributed by atoms with Crippen LogP contribution < -0.4 is 0 Å². The first-order valence-electron chi connectivity index (χ1n) is 4.89. The maximum absolute atomic E-state index is 4.02. The maximum atomic E-state index is 4.02. The summed E-state index contributed by atoms with van der Waals surface area (Å²) in [6.07, 6.45) is 6.62. The first-order chi connectivity index (χ1) is 6.61. The lowest BCUT2D eigenvalue weighted by atomic mass is 10.2. The molecular weight excluding hydrogens is 170 g/mol. The van der Waals surface area contributed by atoms with Gasteiger partial charge in [0.05, 0.1) is 0 Å². The van der Waals surface area contributed by atoms with Crippen LogP contribution in [0.4, 0.5) is 0 Å². The highest BCUT2D eigenvalue weighted by atomic mass is 15.1.